The Bertz CT molecular complexity index is 1410. The molecule has 4 aromatic carbocycles. The Kier molecular flexibility index (Phi) is 7.46. The minimum atomic E-state index is -1.15. The molecule has 0 unspecified atom stereocenters. The van der Waals surface area contributed by atoms with Crippen LogP contribution < -0.4 is 19.7 Å². The van der Waals surface area contributed by atoms with Crippen LogP contribution in [0.2, 0.25) is 0 Å². The molecule has 0 aliphatic carbocycles. The third-order valence-electron chi connectivity index (χ3n) is 6.48. The van der Waals surface area contributed by atoms with Crippen molar-refractivity contribution in [3.63, 3.8) is 0 Å². The van der Waals surface area contributed by atoms with Crippen LogP contribution >= 0.6 is 0 Å². The van der Waals surface area contributed by atoms with Gasteiger partial charge in [-0.2, -0.15) is 0 Å². The molecular weight excluding hydrogens is 522 g/mol. The predicted molar refractivity (Wildman–Crippen MR) is 130 cm³/mol. The number of hydrogen-bond acceptors (Lipinski definition) is 6. The number of rotatable bonds is 2. The van der Waals surface area contributed by atoms with Gasteiger partial charge in [-0.3, -0.25) is 0 Å². The zero-order valence-corrected chi connectivity index (χ0v) is 23.5. The topological polar surface area (TPSA) is 98.7 Å². The fourth-order valence-corrected chi connectivity index (χ4v) is 4.72. The summed E-state index contributed by atoms with van der Waals surface area (Å²) in [6.07, 6.45) is 1.13. The van der Waals surface area contributed by atoms with Gasteiger partial charge in [-0.25, -0.2) is 0 Å². The molecule has 2 aliphatic heterocycles. The first-order valence-corrected chi connectivity index (χ1v) is 11.5. The molecule has 0 fully saturated rings. The first-order valence-electron chi connectivity index (χ1n) is 11.5. The van der Waals surface area contributed by atoms with E-state index < -0.39 is 11.9 Å². The van der Waals surface area contributed by atoms with Gasteiger partial charge in [0.1, 0.15) is 23.0 Å². The minimum Gasteiger partial charge on any atom is -0.545 e. The third-order valence-corrected chi connectivity index (χ3v) is 6.48. The van der Waals surface area contributed by atoms with Crippen molar-refractivity contribution in [1.82, 2.24) is 0 Å². The molecule has 0 aromatic heterocycles. The average Bonchev–Trinajstić information content (AvgIpc) is 2.86. The fraction of sp³-hybridized carbons (Fsp3) is 0.133. The van der Waals surface area contributed by atoms with Crippen LogP contribution in [-0.2, 0) is 32.3 Å². The summed E-state index contributed by atoms with van der Waals surface area (Å²) in [5.74, 6) is 0.507. The van der Waals surface area contributed by atoms with E-state index in [2.05, 4.69) is 0 Å². The van der Waals surface area contributed by atoms with Gasteiger partial charge in [0.15, 0.2) is 0 Å². The van der Waals surface area contributed by atoms with Crippen LogP contribution in [0, 0.1) is 13.8 Å². The van der Waals surface area contributed by atoms with E-state index >= 15 is 0 Å². The summed E-state index contributed by atoms with van der Waals surface area (Å²) in [6.45, 7) is 3.54. The second-order valence-corrected chi connectivity index (χ2v) is 8.82. The van der Waals surface area contributed by atoms with Crippen molar-refractivity contribution in [3.8, 4) is 23.0 Å². The van der Waals surface area contributed by atoms with Crippen molar-refractivity contribution in [2.45, 2.75) is 26.7 Å². The quantitative estimate of drug-likeness (QED) is 0.305. The van der Waals surface area contributed by atoms with Gasteiger partial charge in [-0.15, -0.1) is 0 Å². The van der Waals surface area contributed by atoms with Gasteiger partial charge in [0.2, 0.25) is 0 Å². The largest absolute Gasteiger partial charge is 2.00 e. The molecule has 0 atom stereocenters. The van der Waals surface area contributed by atoms with Crippen LogP contribution in [-0.4, -0.2) is 11.9 Å². The van der Waals surface area contributed by atoms with Gasteiger partial charge >= 0.3 is 19.5 Å². The van der Waals surface area contributed by atoms with Crippen LogP contribution in [0.3, 0.4) is 0 Å². The smallest absolute Gasteiger partial charge is 0.545 e. The van der Waals surface area contributed by atoms with Crippen molar-refractivity contribution in [2.24, 2.45) is 0 Å². The maximum absolute atomic E-state index is 11.2. The average molecular weight is 544 g/mol. The number of para-hydroxylation sites is 2. The van der Waals surface area contributed by atoms with Crippen LogP contribution in [0.15, 0.2) is 72.8 Å². The first-order chi connectivity index (χ1) is 17.3. The Morgan fingerprint density at radius 2 is 0.973 bits per heavy atom. The Morgan fingerprint density at radius 1 is 0.595 bits per heavy atom. The van der Waals surface area contributed by atoms with E-state index in [1.165, 1.54) is 0 Å². The second kappa shape index (κ2) is 10.6. The summed E-state index contributed by atoms with van der Waals surface area (Å²) < 4.78 is 11.5. The molecule has 2 aliphatic rings. The molecule has 0 saturated carbocycles. The molecule has 0 bridgehead atoms. The van der Waals surface area contributed by atoms with E-state index in [-0.39, 0.29) is 30.6 Å². The molecule has 6 rings (SSSR count). The molecule has 7 heteroatoms. The van der Waals surface area contributed by atoms with Crippen LogP contribution in [0.4, 0.5) is 0 Å². The standard InChI is InChI=1S/2C15H12O3.Zn/c2*1-9-6-7-13-11(14(9)15(16)17)8-10-4-2-3-5-12(10)18-13;/h2*2-7H,8H2,1H3,(H,16,17);/q;;+2/p-2. The second-order valence-electron chi connectivity index (χ2n) is 8.82. The number of carboxylic acid groups (broad SMARTS) is 2. The normalized spacial score (nSPS) is 11.9. The van der Waals surface area contributed by atoms with Crippen LogP contribution in [0.5, 0.6) is 23.0 Å². The van der Waals surface area contributed by atoms with E-state index in [0.717, 1.165) is 22.6 Å². The zero-order chi connectivity index (χ0) is 25.4. The van der Waals surface area contributed by atoms with Gasteiger partial charge in [0.25, 0.3) is 0 Å². The van der Waals surface area contributed by atoms with Crippen molar-refractivity contribution in [3.05, 3.63) is 117 Å². The predicted octanol–water partition coefficient (Wildman–Crippen LogP) is 4.11. The van der Waals surface area contributed by atoms with E-state index in [0.29, 0.717) is 46.6 Å². The molecule has 4 aromatic rings. The molecule has 2 heterocycles. The van der Waals surface area contributed by atoms with E-state index in [1.807, 2.05) is 60.7 Å². The fourth-order valence-electron chi connectivity index (χ4n) is 4.72. The molecule has 0 saturated heterocycles. The van der Waals surface area contributed by atoms with E-state index in [9.17, 15) is 19.8 Å². The number of benzene rings is 4. The molecule has 0 N–H and O–H groups in total. The van der Waals surface area contributed by atoms with E-state index in [1.54, 1.807) is 26.0 Å². The summed E-state index contributed by atoms with van der Waals surface area (Å²) in [5, 5.41) is 22.5. The number of ether oxygens (including phenoxy) is 2. The number of carboxylic acids is 2. The molecule has 6 nitrogen and oxygen atoms in total. The van der Waals surface area contributed by atoms with Crippen molar-refractivity contribution < 1.29 is 48.8 Å². The minimum absolute atomic E-state index is 0. The number of aromatic carboxylic acids is 2. The summed E-state index contributed by atoms with van der Waals surface area (Å²) in [5.41, 5.74) is 5.32. The van der Waals surface area contributed by atoms with Crippen LogP contribution in [0.1, 0.15) is 54.1 Å². The maximum atomic E-state index is 11.2. The van der Waals surface area contributed by atoms with Crippen molar-refractivity contribution >= 4 is 11.9 Å². The molecule has 0 amide bonds. The Balaban J connectivity index is 0.000000168. The Hall–Kier alpha value is -3.96. The SMILES string of the molecule is Cc1ccc2c(c1C(=O)[O-])Cc1ccccc1O2.Cc1ccc2c(c1C(=O)[O-])Cc1ccccc1O2.[Zn+2]. The molecular formula is C30H22O6Zn. The zero-order valence-electron chi connectivity index (χ0n) is 20.5. The Morgan fingerprint density at radius 3 is 1.35 bits per heavy atom. The molecule has 0 radical (unpaired) electrons. The molecule has 0 spiro atoms. The monoisotopic (exact) mass is 542 g/mol. The molecule has 37 heavy (non-hydrogen) atoms. The summed E-state index contributed by atoms with van der Waals surface area (Å²) in [4.78, 5) is 22.5. The van der Waals surface area contributed by atoms with Gasteiger partial charge < -0.3 is 29.3 Å². The molecule has 180 valence electrons. The maximum Gasteiger partial charge on any atom is 2.00 e. The number of fused-ring (bicyclic) bond motifs is 4. The number of carbonyl (C=O) groups is 2. The summed E-state index contributed by atoms with van der Waals surface area (Å²) >= 11 is 0. The summed E-state index contributed by atoms with van der Waals surface area (Å²) in [6, 6.07) is 22.4. The van der Waals surface area contributed by atoms with Gasteiger partial charge in [-0.05, 0) is 60.4 Å². The van der Waals surface area contributed by atoms with E-state index in [4.69, 9.17) is 9.47 Å². The van der Waals surface area contributed by atoms with Gasteiger partial charge in [-0.1, -0.05) is 48.5 Å². The third kappa shape index (κ3) is 5.00. The number of aryl methyl sites for hydroxylation is 2. The van der Waals surface area contributed by atoms with Gasteiger partial charge in [0.05, 0.1) is 11.9 Å². The Labute approximate surface area is 227 Å². The van der Waals surface area contributed by atoms with Crippen molar-refractivity contribution in [1.29, 1.82) is 0 Å². The van der Waals surface area contributed by atoms with Crippen molar-refractivity contribution in [2.75, 3.05) is 0 Å². The van der Waals surface area contributed by atoms with Gasteiger partial charge in [0, 0.05) is 35.1 Å². The summed E-state index contributed by atoms with van der Waals surface area (Å²) in [7, 11) is 0. The number of hydrogen-bond donors (Lipinski definition) is 0. The van der Waals surface area contributed by atoms with Crippen LogP contribution in [0.25, 0.3) is 0 Å². The first kappa shape index (κ1) is 26.1. The number of carbonyl (C=O) groups excluding carboxylic acids is 2.